The first kappa shape index (κ1) is 15.5. The highest BCUT2D eigenvalue weighted by Gasteiger charge is 2.27. The van der Waals surface area contributed by atoms with Gasteiger partial charge < -0.3 is 4.74 Å². The number of rotatable bonds is 7. The minimum atomic E-state index is 0.0595. The van der Waals surface area contributed by atoms with Gasteiger partial charge in [0.1, 0.15) is 0 Å². The number of hydrogen-bond donors (Lipinski definition) is 0. The summed E-state index contributed by atoms with van der Waals surface area (Å²) < 4.78 is 5.41. The maximum absolute atomic E-state index is 11.9. The Morgan fingerprint density at radius 3 is 2.44 bits per heavy atom. The highest BCUT2D eigenvalue weighted by molar-refractivity contribution is 5.72. The van der Waals surface area contributed by atoms with Gasteiger partial charge in [-0.2, -0.15) is 0 Å². The van der Waals surface area contributed by atoms with Crippen LogP contribution in [0, 0.1) is 17.8 Å². The van der Waals surface area contributed by atoms with Crippen LogP contribution in [0.4, 0.5) is 0 Å². The number of ether oxygens (including phenoxy) is 1. The van der Waals surface area contributed by atoms with Gasteiger partial charge in [-0.05, 0) is 37.5 Å². The fraction of sp³-hybridized carbons (Fsp3) is 0.938. The van der Waals surface area contributed by atoms with Crippen molar-refractivity contribution in [1.82, 2.24) is 0 Å². The highest BCUT2D eigenvalue weighted by atomic mass is 16.5. The molecule has 1 fully saturated rings. The Bertz CT molecular complexity index is 229. The van der Waals surface area contributed by atoms with Gasteiger partial charge in [0.15, 0.2) is 0 Å². The molecule has 106 valence electrons. The normalized spacial score (nSPS) is 25.7. The molecule has 0 aromatic carbocycles. The Labute approximate surface area is 112 Å². The standard InChI is InChI=1S/C16H30O2/c1-4-6-7-14-8-10-15(11-9-14)16(17)18-12-13(3)5-2/h13-15H,4-12H2,1-3H3/t13-,14?,15?/m1/s1. The Kier molecular flexibility index (Phi) is 7.38. The molecule has 0 heterocycles. The van der Waals surface area contributed by atoms with E-state index in [1.54, 1.807) is 0 Å². The fourth-order valence-electron chi connectivity index (χ4n) is 2.64. The highest BCUT2D eigenvalue weighted by Crippen LogP contribution is 2.32. The lowest BCUT2D eigenvalue weighted by molar-refractivity contribution is -0.151. The van der Waals surface area contributed by atoms with Crippen LogP contribution in [0.5, 0.6) is 0 Å². The minimum absolute atomic E-state index is 0.0595. The van der Waals surface area contributed by atoms with Crippen molar-refractivity contribution >= 4 is 5.97 Å². The number of unbranched alkanes of at least 4 members (excludes halogenated alkanes) is 1. The van der Waals surface area contributed by atoms with Gasteiger partial charge >= 0.3 is 5.97 Å². The zero-order valence-electron chi connectivity index (χ0n) is 12.4. The second-order valence-electron chi connectivity index (χ2n) is 6.00. The van der Waals surface area contributed by atoms with Crippen LogP contribution >= 0.6 is 0 Å². The van der Waals surface area contributed by atoms with Gasteiger partial charge in [-0.3, -0.25) is 4.79 Å². The quantitative estimate of drug-likeness (QED) is 0.622. The molecule has 0 aliphatic heterocycles. The van der Waals surface area contributed by atoms with E-state index in [2.05, 4.69) is 20.8 Å². The third-order valence-corrected chi connectivity index (χ3v) is 4.35. The molecule has 0 bridgehead atoms. The van der Waals surface area contributed by atoms with E-state index in [1.807, 2.05) is 0 Å². The first-order chi connectivity index (χ1) is 8.67. The first-order valence-corrected chi connectivity index (χ1v) is 7.83. The van der Waals surface area contributed by atoms with Crippen molar-refractivity contribution in [2.75, 3.05) is 6.61 Å². The van der Waals surface area contributed by atoms with Gasteiger partial charge in [0, 0.05) is 0 Å². The van der Waals surface area contributed by atoms with Gasteiger partial charge in [0.05, 0.1) is 12.5 Å². The molecule has 1 aliphatic rings. The lowest BCUT2D eigenvalue weighted by Gasteiger charge is -2.27. The molecule has 18 heavy (non-hydrogen) atoms. The van der Waals surface area contributed by atoms with Crippen LogP contribution in [0.1, 0.15) is 72.1 Å². The van der Waals surface area contributed by atoms with Crippen molar-refractivity contribution in [2.45, 2.75) is 72.1 Å². The van der Waals surface area contributed by atoms with Crippen molar-refractivity contribution in [3.8, 4) is 0 Å². The molecule has 0 amide bonds. The molecule has 0 aromatic heterocycles. The minimum Gasteiger partial charge on any atom is -0.465 e. The number of hydrogen-bond acceptors (Lipinski definition) is 2. The SMILES string of the molecule is CCCCC1CCC(C(=O)OC[C@H](C)CC)CC1. The lowest BCUT2D eigenvalue weighted by Crippen LogP contribution is -2.25. The molecule has 0 saturated heterocycles. The van der Waals surface area contributed by atoms with E-state index in [4.69, 9.17) is 4.74 Å². The Hall–Kier alpha value is -0.530. The van der Waals surface area contributed by atoms with E-state index in [0.29, 0.717) is 12.5 Å². The van der Waals surface area contributed by atoms with Gasteiger partial charge in [-0.15, -0.1) is 0 Å². The lowest BCUT2D eigenvalue weighted by atomic mass is 9.80. The summed E-state index contributed by atoms with van der Waals surface area (Å²) in [6.07, 6.45) is 9.61. The van der Waals surface area contributed by atoms with Gasteiger partial charge in [-0.25, -0.2) is 0 Å². The monoisotopic (exact) mass is 254 g/mol. The summed E-state index contributed by atoms with van der Waals surface area (Å²) in [5, 5.41) is 0. The van der Waals surface area contributed by atoms with Gasteiger partial charge in [-0.1, -0.05) is 46.5 Å². The number of carbonyl (C=O) groups excluding carboxylic acids is 1. The maximum Gasteiger partial charge on any atom is 0.308 e. The van der Waals surface area contributed by atoms with E-state index in [-0.39, 0.29) is 11.9 Å². The average Bonchev–Trinajstić information content (AvgIpc) is 2.42. The molecule has 2 nitrogen and oxygen atoms in total. The average molecular weight is 254 g/mol. The summed E-state index contributed by atoms with van der Waals surface area (Å²) in [6.45, 7) is 7.12. The molecule has 0 unspecified atom stereocenters. The summed E-state index contributed by atoms with van der Waals surface area (Å²) in [6, 6.07) is 0. The van der Waals surface area contributed by atoms with E-state index in [1.165, 1.54) is 32.1 Å². The van der Waals surface area contributed by atoms with Crippen LogP contribution < -0.4 is 0 Å². The van der Waals surface area contributed by atoms with Crippen molar-refractivity contribution < 1.29 is 9.53 Å². The second-order valence-corrected chi connectivity index (χ2v) is 6.00. The molecule has 0 spiro atoms. The molecule has 0 radical (unpaired) electrons. The Morgan fingerprint density at radius 1 is 1.22 bits per heavy atom. The van der Waals surface area contributed by atoms with Gasteiger partial charge in [0.2, 0.25) is 0 Å². The van der Waals surface area contributed by atoms with Gasteiger partial charge in [0.25, 0.3) is 0 Å². The molecule has 1 aliphatic carbocycles. The molecular formula is C16H30O2. The maximum atomic E-state index is 11.9. The molecule has 2 heteroatoms. The number of carbonyl (C=O) groups is 1. The molecular weight excluding hydrogens is 224 g/mol. The summed E-state index contributed by atoms with van der Waals surface area (Å²) in [5.41, 5.74) is 0. The van der Waals surface area contributed by atoms with Crippen molar-refractivity contribution in [3.05, 3.63) is 0 Å². The number of esters is 1. The van der Waals surface area contributed by atoms with Crippen LogP contribution in [0.3, 0.4) is 0 Å². The third kappa shape index (κ3) is 5.41. The second kappa shape index (κ2) is 8.55. The van der Waals surface area contributed by atoms with Crippen LogP contribution in [0.25, 0.3) is 0 Å². The molecule has 0 aromatic rings. The van der Waals surface area contributed by atoms with E-state index in [9.17, 15) is 4.79 Å². The zero-order chi connectivity index (χ0) is 13.4. The Balaban J connectivity index is 2.19. The van der Waals surface area contributed by atoms with Crippen molar-refractivity contribution in [2.24, 2.45) is 17.8 Å². The van der Waals surface area contributed by atoms with E-state index in [0.717, 1.165) is 25.2 Å². The molecule has 1 rings (SSSR count). The van der Waals surface area contributed by atoms with Crippen LogP contribution in [0.15, 0.2) is 0 Å². The summed E-state index contributed by atoms with van der Waals surface area (Å²) >= 11 is 0. The van der Waals surface area contributed by atoms with E-state index >= 15 is 0 Å². The van der Waals surface area contributed by atoms with Crippen LogP contribution in [0.2, 0.25) is 0 Å². The Morgan fingerprint density at radius 2 is 1.89 bits per heavy atom. The fourth-order valence-corrected chi connectivity index (χ4v) is 2.64. The summed E-state index contributed by atoms with van der Waals surface area (Å²) in [4.78, 5) is 11.9. The third-order valence-electron chi connectivity index (χ3n) is 4.35. The zero-order valence-corrected chi connectivity index (χ0v) is 12.4. The predicted octanol–water partition coefficient (Wildman–Crippen LogP) is 4.57. The topological polar surface area (TPSA) is 26.3 Å². The molecule has 1 atom stereocenters. The predicted molar refractivity (Wildman–Crippen MR) is 75.4 cm³/mol. The molecule has 0 N–H and O–H groups in total. The van der Waals surface area contributed by atoms with Crippen molar-refractivity contribution in [1.29, 1.82) is 0 Å². The van der Waals surface area contributed by atoms with Crippen LogP contribution in [-0.4, -0.2) is 12.6 Å². The molecule has 1 saturated carbocycles. The first-order valence-electron chi connectivity index (χ1n) is 7.83. The largest absolute Gasteiger partial charge is 0.465 e. The van der Waals surface area contributed by atoms with E-state index < -0.39 is 0 Å². The van der Waals surface area contributed by atoms with Crippen molar-refractivity contribution in [3.63, 3.8) is 0 Å². The summed E-state index contributed by atoms with van der Waals surface area (Å²) in [7, 11) is 0. The van der Waals surface area contributed by atoms with Crippen LogP contribution in [-0.2, 0) is 9.53 Å². The summed E-state index contributed by atoms with van der Waals surface area (Å²) in [5.74, 6) is 1.61. The smallest absolute Gasteiger partial charge is 0.308 e.